The summed E-state index contributed by atoms with van der Waals surface area (Å²) in [7, 11) is 0. The van der Waals surface area contributed by atoms with E-state index in [1.54, 1.807) is 16.7 Å². The second kappa shape index (κ2) is 7.95. The summed E-state index contributed by atoms with van der Waals surface area (Å²) in [4.78, 5) is 35.9. The van der Waals surface area contributed by atoms with Gasteiger partial charge in [-0.1, -0.05) is 19.1 Å². The van der Waals surface area contributed by atoms with Crippen LogP contribution in [0.3, 0.4) is 0 Å². The van der Waals surface area contributed by atoms with Gasteiger partial charge in [-0.25, -0.2) is 9.97 Å². The maximum Gasteiger partial charge on any atom is 0.257 e. The van der Waals surface area contributed by atoms with E-state index in [9.17, 15) is 9.59 Å². The predicted molar refractivity (Wildman–Crippen MR) is 99.3 cm³/mol. The van der Waals surface area contributed by atoms with Gasteiger partial charge < -0.3 is 15.1 Å². The molecule has 1 aliphatic heterocycles. The lowest BCUT2D eigenvalue weighted by atomic mass is 10.1. The Kier molecular flexibility index (Phi) is 5.46. The van der Waals surface area contributed by atoms with Gasteiger partial charge >= 0.3 is 0 Å². The number of rotatable bonds is 4. The van der Waals surface area contributed by atoms with E-state index in [0.29, 0.717) is 37.7 Å². The molecule has 0 saturated carbocycles. The molecule has 3 rings (SSSR count). The summed E-state index contributed by atoms with van der Waals surface area (Å²) >= 11 is 0. The van der Waals surface area contributed by atoms with Crippen molar-refractivity contribution >= 4 is 23.5 Å². The molecule has 1 aromatic heterocycles. The third kappa shape index (κ3) is 4.17. The third-order valence-electron chi connectivity index (χ3n) is 4.53. The molecule has 1 aromatic carbocycles. The molecular formula is C19H23N5O2. The van der Waals surface area contributed by atoms with E-state index >= 15 is 0 Å². The summed E-state index contributed by atoms with van der Waals surface area (Å²) in [5.74, 6) is 0.391. The molecule has 0 spiro atoms. The maximum atomic E-state index is 12.5. The minimum atomic E-state index is -0.105. The molecule has 0 radical (unpaired) electrons. The van der Waals surface area contributed by atoms with E-state index in [1.807, 2.05) is 12.1 Å². The molecule has 2 heterocycles. The number of aryl methyl sites for hydroxylation is 1. The molecule has 0 aliphatic carbocycles. The van der Waals surface area contributed by atoms with Crippen LogP contribution in [-0.2, 0) is 11.2 Å². The van der Waals surface area contributed by atoms with E-state index in [0.717, 1.165) is 12.1 Å². The highest BCUT2D eigenvalue weighted by molar-refractivity contribution is 5.94. The van der Waals surface area contributed by atoms with Crippen molar-refractivity contribution < 1.29 is 9.59 Å². The first-order chi connectivity index (χ1) is 12.6. The van der Waals surface area contributed by atoms with Gasteiger partial charge in [0.15, 0.2) is 0 Å². The molecular weight excluding hydrogens is 330 g/mol. The number of amides is 2. The van der Waals surface area contributed by atoms with Crippen LogP contribution in [0.2, 0.25) is 0 Å². The summed E-state index contributed by atoms with van der Waals surface area (Å²) in [6.07, 6.45) is 4.07. The van der Waals surface area contributed by atoms with Gasteiger partial charge in [0, 0.05) is 51.2 Å². The van der Waals surface area contributed by atoms with E-state index in [4.69, 9.17) is 0 Å². The average Bonchev–Trinajstić information content (AvgIpc) is 2.69. The van der Waals surface area contributed by atoms with Gasteiger partial charge in [-0.2, -0.15) is 0 Å². The molecule has 1 fully saturated rings. The Balaban J connectivity index is 1.60. The summed E-state index contributed by atoms with van der Waals surface area (Å²) in [6.45, 7) is 5.85. The summed E-state index contributed by atoms with van der Waals surface area (Å²) in [5, 5.41) is 3.13. The number of carbonyl (C=O) groups excluding carboxylic acids is 2. The zero-order valence-corrected chi connectivity index (χ0v) is 15.1. The van der Waals surface area contributed by atoms with Crippen LogP contribution in [0, 0.1) is 0 Å². The molecule has 1 N–H and O–H groups in total. The van der Waals surface area contributed by atoms with Crippen molar-refractivity contribution in [3.05, 3.63) is 47.8 Å². The van der Waals surface area contributed by atoms with Crippen molar-refractivity contribution in [1.29, 1.82) is 0 Å². The van der Waals surface area contributed by atoms with Gasteiger partial charge in [0.2, 0.25) is 11.9 Å². The smallest absolute Gasteiger partial charge is 0.257 e. The van der Waals surface area contributed by atoms with Crippen LogP contribution in [0.5, 0.6) is 0 Å². The van der Waals surface area contributed by atoms with E-state index < -0.39 is 0 Å². The van der Waals surface area contributed by atoms with Crippen LogP contribution < -0.4 is 5.32 Å². The van der Waals surface area contributed by atoms with Crippen LogP contribution in [0.1, 0.15) is 29.8 Å². The minimum Gasteiger partial charge on any atom is -0.339 e. The van der Waals surface area contributed by atoms with E-state index in [1.165, 1.54) is 18.0 Å². The number of piperazine rings is 1. The molecule has 7 nitrogen and oxygen atoms in total. The Morgan fingerprint density at radius 3 is 2.12 bits per heavy atom. The molecule has 0 atom stereocenters. The Bertz CT molecular complexity index is 766. The second-order valence-electron chi connectivity index (χ2n) is 6.27. The SMILES string of the molecule is CCc1ccc(Nc2ncc(C(=O)N3CCN(C(C)=O)CC3)cn2)cc1. The van der Waals surface area contributed by atoms with Crippen LogP contribution in [-0.4, -0.2) is 57.8 Å². The number of benzene rings is 1. The van der Waals surface area contributed by atoms with Gasteiger partial charge in [-0.05, 0) is 24.1 Å². The predicted octanol–water partition coefficient (Wildman–Crippen LogP) is 2.09. The van der Waals surface area contributed by atoms with E-state index in [2.05, 4.69) is 34.3 Å². The van der Waals surface area contributed by atoms with Crippen molar-refractivity contribution in [2.75, 3.05) is 31.5 Å². The monoisotopic (exact) mass is 353 g/mol. The van der Waals surface area contributed by atoms with Crippen molar-refractivity contribution in [3.63, 3.8) is 0 Å². The van der Waals surface area contributed by atoms with Gasteiger partial charge in [0.05, 0.1) is 5.56 Å². The standard InChI is InChI=1S/C19H23N5O2/c1-3-15-4-6-17(7-5-15)22-19-20-12-16(13-21-19)18(26)24-10-8-23(9-11-24)14(2)25/h4-7,12-13H,3,8-11H2,1-2H3,(H,20,21,22). The summed E-state index contributed by atoms with van der Waals surface area (Å²) in [6, 6.07) is 8.08. The molecule has 1 aliphatic rings. The fraction of sp³-hybridized carbons (Fsp3) is 0.368. The highest BCUT2D eigenvalue weighted by Gasteiger charge is 2.23. The number of hydrogen-bond donors (Lipinski definition) is 1. The fourth-order valence-electron chi connectivity index (χ4n) is 2.86. The van der Waals surface area contributed by atoms with Crippen molar-refractivity contribution in [2.24, 2.45) is 0 Å². The van der Waals surface area contributed by atoms with Gasteiger partial charge in [0.1, 0.15) is 0 Å². The summed E-state index contributed by atoms with van der Waals surface area (Å²) < 4.78 is 0. The molecule has 1 saturated heterocycles. The zero-order chi connectivity index (χ0) is 18.5. The molecule has 26 heavy (non-hydrogen) atoms. The molecule has 2 amide bonds. The lowest BCUT2D eigenvalue weighted by molar-refractivity contribution is -0.130. The van der Waals surface area contributed by atoms with Crippen molar-refractivity contribution in [3.8, 4) is 0 Å². The van der Waals surface area contributed by atoms with Crippen LogP contribution in [0.4, 0.5) is 11.6 Å². The molecule has 0 bridgehead atoms. The van der Waals surface area contributed by atoms with Gasteiger partial charge in [-0.15, -0.1) is 0 Å². The largest absolute Gasteiger partial charge is 0.339 e. The third-order valence-corrected chi connectivity index (χ3v) is 4.53. The van der Waals surface area contributed by atoms with Crippen LogP contribution in [0.25, 0.3) is 0 Å². The summed E-state index contributed by atoms with van der Waals surface area (Å²) in [5.41, 5.74) is 2.62. The lowest BCUT2D eigenvalue weighted by Crippen LogP contribution is -2.50. The second-order valence-corrected chi connectivity index (χ2v) is 6.27. The Morgan fingerprint density at radius 1 is 1.00 bits per heavy atom. The van der Waals surface area contributed by atoms with Crippen molar-refractivity contribution in [1.82, 2.24) is 19.8 Å². The van der Waals surface area contributed by atoms with Gasteiger partial charge in [-0.3, -0.25) is 9.59 Å². The molecule has 7 heteroatoms. The molecule has 2 aromatic rings. The quantitative estimate of drug-likeness (QED) is 0.910. The Hall–Kier alpha value is -2.96. The zero-order valence-electron chi connectivity index (χ0n) is 15.1. The minimum absolute atomic E-state index is 0.0443. The Morgan fingerprint density at radius 2 is 1.58 bits per heavy atom. The number of nitrogens with one attached hydrogen (secondary N) is 1. The topological polar surface area (TPSA) is 78.4 Å². The number of aromatic nitrogens is 2. The molecule has 136 valence electrons. The van der Waals surface area contributed by atoms with Crippen LogP contribution >= 0.6 is 0 Å². The van der Waals surface area contributed by atoms with Crippen molar-refractivity contribution in [2.45, 2.75) is 20.3 Å². The first kappa shape index (κ1) is 17.8. The van der Waals surface area contributed by atoms with Crippen LogP contribution in [0.15, 0.2) is 36.7 Å². The number of carbonyl (C=O) groups is 2. The maximum absolute atomic E-state index is 12.5. The lowest BCUT2D eigenvalue weighted by Gasteiger charge is -2.34. The number of anilines is 2. The highest BCUT2D eigenvalue weighted by atomic mass is 16.2. The normalized spacial score (nSPS) is 14.2. The fourth-order valence-corrected chi connectivity index (χ4v) is 2.86. The average molecular weight is 353 g/mol. The first-order valence-corrected chi connectivity index (χ1v) is 8.79. The number of hydrogen-bond acceptors (Lipinski definition) is 5. The first-order valence-electron chi connectivity index (χ1n) is 8.79. The Labute approximate surface area is 153 Å². The van der Waals surface area contributed by atoms with Gasteiger partial charge in [0.25, 0.3) is 5.91 Å². The molecule has 0 unspecified atom stereocenters. The van der Waals surface area contributed by atoms with E-state index in [-0.39, 0.29) is 11.8 Å². The highest BCUT2D eigenvalue weighted by Crippen LogP contribution is 2.15. The number of nitrogens with zero attached hydrogens (tertiary/aromatic N) is 4.